The van der Waals surface area contributed by atoms with Gasteiger partial charge < -0.3 is 24.8 Å². The maximum atomic E-state index is 12.2. The van der Waals surface area contributed by atoms with Gasteiger partial charge in [0.05, 0.1) is 27.9 Å². The summed E-state index contributed by atoms with van der Waals surface area (Å²) in [6.07, 6.45) is 0. The Balaban J connectivity index is 1.97. The lowest BCUT2D eigenvalue weighted by molar-refractivity contribution is -0.123. The largest absolute Gasteiger partial charge is 0.493 e. The summed E-state index contributed by atoms with van der Waals surface area (Å²) >= 11 is 0. The molecule has 0 bridgehead atoms. The maximum Gasteiger partial charge on any atom is 0.234 e. The number of hydrogen-bond donors (Lipinski definition) is 2. The number of carbonyl (C=O) groups is 1. The second kappa shape index (κ2) is 8.75. The monoisotopic (exact) mass is 337 g/mol. The van der Waals surface area contributed by atoms with Gasteiger partial charge in [0, 0.05) is 32.2 Å². The molecule has 1 aliphatic heterocycles. The van der Waals surface area contributed by atoms with Gasteiger partial charge in [-0.3, -0.25) is 9.69 Å². The van der Waals surface area contributed by atoms with Crippen molar-refractivity contribution in [1.82, 2.24) is 15.5 Å². The van der Waals surface area contributed by atoms with Crippen LogP contribution in [0.25, 0.3) is 0 Å². The molecule has 24 heavy (non-hydrogen) atoms. The molecular formula is C17H27N3O4. The second-order valence-corrected chi connectivity index (χ2v) is 5.83. The van der Waals surface area contributed by atoms with Gasteiger partial charge >= 0.3 is 0 Å². The normalized spacial score (nSPS) is 18.1. The van der Waals surface area contributed by atoms with E-state index in [1.54, 1.807) is 21.3 Å². The second-order valence-electron chi connectivity index (χ2n) is 5.83. The Morgan fingerprint density at radius 1 is 1.25 bits per heavy atom. The minimum atomic E-state index is 0.0116. The van der Waals surface area contributed by atoms with Gasteiger partial charge in [0.1, 0.15) is 0 Å². The molecule has 7 nitrogen and oxygen atoms in total. The summed E-state index contributed by atoms with van der Waals surface area (Å²) < 4.78 is 16.0. The average Bonchev–Trinajstić information content (AvgIpc) is 2.60. The smallest absolute Gasteiger partial charge is 0.234 e. The molecule has 0 aromatic heterocycles. The van der Waals surface area contributed by atoms with Crippen LogP contribution < -0.4 is 24.8 Å². The number of rotatable bonds is 7. The molecular weight excluding hydrogens is 310 g/mol. The van der Waals surface area contributed by atoms with E-state index in [2.05, 4.69) is 22.5 Å². The predicted octanol–water partition coefficient (Wildman–Crippen LogP) is 0.622. The van der Waals surface area contributed by atoms with Gasteiger partial charge in [-0.05, 0) is 24.6 Å². The van der Waals surface area contributed by atoms with Crippen molar-refractivity contribution in [3.8, 4) is 17.2 Å². The number of methoxy groups -OCH3 is 3. The highest BCUT2D eigenvalue weighted by molar-refractivity contribution is 5.78. The zero-order valence-corrected chi connectivity index (χ0v) is 14.8. The summed E-state index contributed by atoms with van der Waals surface area (Å²) in [6.45, 7) is 5.67. The number of nitrogens with zero attached hydrogens (tertiary/aromatic N) is 1. The number of hydrogen-bond acceptors (Lipinski definition) is 6. The molecule has 2 rings (SSSR count). The van der Waals surface area contributed by atoms with Crippen LogP contribution >= 0.6 is 0 Å². The summed E-state index contributed by atoms with van der Waals surface area (Å²) in [5.74, 6) is 1.72. The Labute approximate surface area is 143 Å². The SMILES string of the molecule is COc1cc(CNC(=O)CN2CCNC[C@H]2C)cc(OC)c1OC. The Bertz CT molecular complexity index is 540. The van der Waals surface area contributed by atoms with E-state index in [1.807, 2.05) is 12.1 Å². The van der Waals surface area contributed by atoms with Crippen molar-refractivity contribution in [2.45, 2.75) is 19.5 Å². The van der Waals surface area contributed by atoms with E-state index in [1.165, 1.54) is 0 Å². The summed E-state index contributed by atoms with van der Waals surface area (Å²) in [4.78, 5) is 14.4. The molecule has 2 N–H and O–H groups in total. The fourth-order valence-corrected chi connectivity index (χ4v) is 2.80. The standard InChI is InChI=1S/C17H27N3O4/c1-12-9-18-5-6-20(12)11-16(21)19-10-13-7-14(22-2)17(24-4)15(8-13)23-3/h7-8,12,18H,5-6,9-11H2,1-4H3,(H,19,21)/t12-/m1/s1. The average molecular weight is 337 g/mol. The third kappa shape index (κ3) is 4.52. The van der Waals surface area contributed by atoms with Crippen LogP contribution in [0.1, 0.15) is 12.5 Å². The van der Waals surface area contributed by atoms with E-state index in [0.29, 0.717) is 36.4 Å². The van der Waals surface area contributed by atoms with E-state index >= 15 is 0 Å². The van der Waals surface area contributed by atoms with Crippen molar-refractivity contribution in [1.29, 1.82) is 0 Å². The molecule has 0 unspecified atom stereocenters. The van der Waals surface area contributed by atoms with Crippen molar-refractivity contribution in [3.05, 3.63) is 17.7 Å². The van der Waals surface area contributed by atoms with Crippen LogP contribution in [0.3, 0.4) is 0 Å². The van der Waals surface area contributed by atoms with Gasteiger partial charge in [0.2, 0.25) is 11.7 Å². The predicted molar refractivity (Wildman–Crippen MR) is 91.8 cm³/mol. The lowest BCUT2D eigenvalue weighted by atomic mass is 10.1. The van der Waals surface area contributed by atoms with E-state index < -0.39 is 0 Å². The third-order valence-electron chi connectivity index (χ3n) is 4.20. The number of ether oxygens (including phenoxy) is 3. The van der Waals surface area contributed by atoms with Crippen molar-refractivity contribution in [2.24, 2.45) is 0 Å². The molecule has 1 fully saturated rings. The summed E-state index contributed by atoms with van der Waals surface area (Å²) in [7, 11) is 4.72. The van der Waals surface area contributed by atoms with E-state index in [-0.39, 0.29) is 5.91 Å². The highest BCUT2D eigenvalue weighted by Gasteiger charge is 2.20. The van der Waals surface area contributed by atoms with Crippen molar-refractivity contribution < 1.29 is 19.0 Å². The van der Waals surface area contributed by atoms with Crippen molar-refractivity contribution in [3.63, 3.8) is 0 Å². The molecule has 0 aliphatic carbocycles. The molecule has 1 saturated heterocycles. The van der Waals surface area contributed by atoms with Gasteiger partial charge in [0.15, 0.2) is 11.5 Å². The van der Waals surface area contributed by atoms with E-state index in [9.17, 15) is 4.79 Å². The first-order valence-corrected chi connectivity index (χ1v) is 8.09. The molecule has 1 aromatic carbocycles. The minimum absolute atomic E-state index is 0.0116. The number of piperazine rings is 1. The van der Waals surface area contributed by atoms with Gasteiger partial charge in [-0.2, -0.15) is 0 Å². The zero-order chi connectivity index (χ0) is 17.5. The minimum Gasteiger partial charge on any atom is -0.493 e. The summed E-state index contributed by atoms with van der Waals surface area (Å²) in [5.41, 5.74) is 0.895. The molecule has 0 saturated carbocycles. The molecule has 7 heteroatoms. The van der Waals surface area contributed by atoms with Crippen LogP contribution in [0.5, 0.6) is 17.2 Å². The van der Waals surface area contributed by atoms with Crippen LogP contribution in [0, 0.1) is 0 Å². The number of nitrogens with one attached hydrogen (secondary N) is 2. The topological polar surface area (TPSA) is 72.1 Å². The van der Waals surface area contributed by atoms with Gasteiger partial charge in [-0.15, -0.1) is 0 Å². The molecule has 0 radical (unpaired) electrons. The van der Waals surface area contributed by atoms with Crippen LogP contribution in [-0.4, -0.2) is 64.4 Å². The van der Waals surface area contributed by atoms with Crippen LogP contribution in [-0.2, 0) is 11.3 Å². The van der Waals surface area contributed by atoms with Gasteiger partial charge in [-0.1, -0.05) is 0 Å². The van der Waals surface area contributed by atoms with E-state index in [0.717, 1.165) is 25.2 Å². The number of amides is 1. The molecule has 1 heterocycles. The Hall–Kier alpha value is -1.99. The molecule has 134 valence electrons. The number of carbonyl (C=O) groups excluding carboxylic acids is 1. The highest BCUT2D eigenvalue weighted by atomic mass is 16.5. The fourth-order valence-electron chi connectivity index (χ4n) is 2.80. The Morgan fingerprint density at radius 3 is 2.46 bits per heavy atom. The molecule has 0 spiro atoms. The molecule has 1 aromatic rings. The third-order valence-corrected chi connectivity index (χ3v) is 4.20. The number of benzene rings is 1. The molecule has 1 aliphatic rings. The quantitative estimate of drug-likeness (QED) is 0.760. The van der Waals surface area contributed by atoms with Gasteiger partial charge in [-0.25, -0.2) is 0 Å². The summed E-state index contributed by atoms with van der Waals surface area (Å²) in [5, 5.41) is 6.27. The lowest BCUT2D eigenvalue weighted by Crippen LogP contribution is -2.52. The van der Waals surface area contributed by atoms with Crippen LogP contribution in [0.4, 0.5) is 0 Å². The van der Waals surface area contributed by atoms with Crippen LogP contribution in [0.15, 0.2) is 12.1 Å². The first kappa shape index (κ1) is 18.4. The van der Waals surface area contributed by atoms with Gasteiger partial charge in [0.25, 0.3) is 0 Å². The molecule has 1 atom stereocenters. The first-order chi connectivity index (χ1) is 11.6. The zero-order valence-electron chi connectivity index (χ0n) is 14.8. The fraction of sp³-hybridized carbons (Fsp3) is 0.588. The van der Waals surface area contributed by atoms with Crippen LogP contribution in [0.2, 0.25) is 0 Å². The Kier molecular flexibility index (Phi) is 6.69. The maximum absolute atomic E-state index is 12.2. The first-order valence-electron chi connectivity index (χ1n) is 8.09. The lowest BCUT2D eigenvalue weighted by Gasteiger charge is -2.33. The molecule has 1 amide bonds. The van der Waals surface area contributed by atoms with E-state index in [4.69, 9.17) is 14.2 Å². The highest BCUT2D eigenvalue weighted by Crippen LogP contribution is 2.38. The summed E-state index contributed by atoms with van der Waals surface area (Å²) in [6, 6.07) is 4.05. The Morgan fingerprint density at radius 2 is 1.92 bits per heavy atom. The van der Waals surface area contributed by atoms with Crippen molar-refractivity contribution in [2.75, 3.05) is 47.5 Å². The van der Waals surface area contributed by atoms with Crippen molar-refractivity contribution >= 4 is 5.91 Å².